The lowest BCUT2D eigenvalue weighted by molar-refractivity contribution is -0.146. The molecule has 1 saturated carbocycles. The fourth-order valence-electron chi connectivity index (χ4n) is 4.40. The number of aliphatic hydroxyl groups excluding tert-OH is 1. The van der Waals surface area contributed by atoms with Gasteiger partial charge in [-0.1, -0.05) is 0 Å². The molecule has 1 aromatic rings. The molecular formula is C20H27N5O6. The summed E-state index contributed by atoms with van der Waals surface area (Å²) in [7, 11) is 1.75. The third-order valence-corrected chi connectivity index (χ3v) is 6.20. The molecule has 168 valence electrons. The van der Waals surface area contributed by atoms with Gasteiger partial charge in [-0.25, -0.2) is 4.79 Å². The van der Waals surface area contributed by atoms with Crippen molar-refractivity contribution in [2.24, 2.45) is 5.92 Å². The number of carboxylic acid groups (broad SMARTS) is 1. The van der Waals surface area contributed by atoms with Crippen LogP contribution in [0, 0.1) is 12.8 Å². The molecule has 11 heteroatoms. The zero-order chi connectivity index (χ0) is 22.8. The Kier molecular flexibility index (Phi) is 6.44. The van der Waals surface area contributed by atoms with Crippen LogP contribution in [0.15, 0.2) is 18.5 Å². The molecule has 1 aromatic heterocycles. The lowest BCUT2D eigenvalue weighted by Gasteiger charge is -2.51. The van der Waals surface area contributed by atoms with Gasteiger partial charge in [0.15, 0.2) is 0 Å². The summed E-state index contributed by atoms with van der Waals surface area (Å²) >= 11 is 0. The molecule has 11 nitrogen and oxygen atoms in total. The molecule has 2 saturated heterocycles. The highest BCUT2D eigenvalue weighted by molar-refractivity contribution is 5.94. The molecule has 0 bridgehead atoms. The van der Waals surface area contributed by atoms with Crippen LogP contribution in [0.2, 0.25) is 0 Å². The number of carbonyl (C=O) groups excluding carboxylic acids is 3. The van der Waals surface area contributed by atoms with Crippen LogP contribution in [-0.2, 0) is 9.59 Å². The van der Waals surface area contributed by atoms with Gasteiger partial charge in [0, 0.05) is 45.0 Å². The van der Waals surface area contributed by atoms with Gasteiger partial charge in [-0.2, -0.15) is 0 Å². The molecular weight excluding hydrogens is 406 g/mol. The van der Waals surface area contributed by atoms with Gasteiger partial charge >= 0.3 is 6.03 Å². The molecule has 2 aliphatic heterocycles. The van der Waals surface area contributed by atoms with Gasteiger partial charge in [0.2, 0.25) is 5.91 Å². The van der Waals surface area contributed by atoms with Crippen LogP contribution in [-0.4, -0.2) is 93.7 Å². The number of likely N-dealkylation sites (tertiary alicyclic amines) is 1. The van der Waals surface area contributed by atoms with Crippen LogP contribution in [0.3, 0.4) is 0 Å². The Bertz CT molecular complexity index is 871. The SMILES string of the molecule is Cc1cncc(C(=O)N[C@@H]2C[C@H](C(=O)N3CC4(CNC(=O)N4C)C3)C[C@H]2O)c1.O=CO. The quantitative estimate of drug-likeness (QED) is 0.455. The van der Waals surface area contributed by atoms with E-state index in [1.807, 2.05) is 6.92 Å². The number of hydrogen-bond donors (Lipinski definition) is 4. The summed E-state index contributed by atoms with van der Waals surface area (Å²) in [5, 5.41) is 22.9. The van der Waals surface area contributed by atoms with Crippen molar-refractivity contribution >= 4 is 24.3 Å². The van der Waals surface area contributed by atoms with Gasteiger partial charge in [-0.15, -0.1) is 0 Å². The number of hydrogen-bond acceptors (Lipinski definition) is 6. The third-order valence-electron chi connectivity index (χ3n) is 6.20. The molecule has 3 aliphatic rings. The highest BCUT2D eigenvalue weighted by Gasteiger charge is 2.54. The zero-order valence-corrected chi connectivity index (χ0v) is 17.4. The molecule has 0 radical (unpaired) electrons. The summed E-state index contributed by atoms with van der Waals surface area (Å²) in [4.78, 5) is 52.7. The Labute approximate surface area is 179 Å². The minimum atomic E-state index is -0.761. The fourth-order valence-corrected chi connectivity index (χ4v) is 4.40. The van der Waals surface area contributed by atoms with Crippen LogP contribution in [0.25, 0.3) is 0 Å². The summed E-state index contributed by atoms with van der Waals surface area (Å²) < 4.78 is 0. The largest absolute Gasteiger partial charge is 0.483 e. The monoisotopic (exact) mass is 433 g/mol. The van der Waals surface area contributed by atoms with E-state index < -0.39 is 12.1 Å². The van der Waals surface area contributed by atoms with Crippen molar-refractivity contribution < 1.29 is 29.4 Å². The Hall–Kier alpha value is -3.21. The first-order valence-electron chi connectivity index (χ1n) is 9.99. The number of pyridine rings is 1. The number of aryl methyl sites for hydroxylation is 1. The van der Waals surface area contributed by atoms with E-state index in [1.54, 1.807) is 29.1 Å². The second kappa shape index (κ2) is 8.88. The van der Waals surface area contributed by atoms with Crippen molar-refractivity contribution in [3.05, 3.63) is 29.6 Å². The minimum absolute atomic E-state index is 0.0219. The molecule has 4 N–H and O–H groups in total. The smallest absolute Gasteiger partial charge is 0.317 e. The van der Waals surface area contributed by atoms with Crippen LogP contribution in [0.1, 0.15) is 28.8 Å². The van der Waals surface area contributed by atoms with Gasteiger partial charge in [-0.3, -0.25) is 19.4 Å². The summed E-state index contributed by atoms with van der Waals surface area (Å²) in [5.74, 6) is -0.650. The van der Waals surface area contributed by atoms with Crippen molar-refractivity contribution in [1.29, 1.82) is 0 Å². The Morgan fingerprint density at radius 2 is 2.00 bits per heavy atom. The molecule has 0 aromatic carbocycles. The van der Waals surface area contributed by atoms with Crippen LogP contribution >= 0.6 is 0 Å². The molecule has 4 rings (SSSR count). The lowest BCUT2D eigenvalue weighted by Crippen LogP contribution is -2.70. The fraction of sp³-hybridized carbons (Fsp3) is 0.550. The van der Waals surface area contributed by atoms with Gasteiger partial charge < -0.3 is 30.6 Å². The van der Waals surface area contributed by atoms with Gasteiger partial charge in [0.25, 0.3) is 12.4 Å². The number of carbonyl (C=O) groups is 4. The van der Waals surface area contributed by atoms with E-state index in [1.165, 1.54) is 6.20 Å². The number of amides is 4. The predicted octanol–water partition coefficient (Wildman–Crippen LogP) is -0.804. The van der Waals surface area contributed by atoms with E-state index in [2.05, 4.69) is 15.6 Å². The highest BCUT2D eigenvalue weighted by atomic mass is 16.3. The molecule has 3 heterocycles. The zero-order valence-electron chi connectivity index (χ0n) is 17.4. The molecule has 0 unspecified atom stereocenters. The average molecular weight is 433 g/mol. The first kappa shape index (κ1) is 22.5. The molecule has 3 atom stereocenters. The maximum atomic E-state index is 12.8. The second-order valence-electron chi connectivity index (χ2n) is 8.31. The molecule has 31 heavy (non-hydrogen) atoms. The van der Waals surface area contributed by atoms with Gasteiger partial charge in [0.1, 0.15) is 0 Å². The van der Waals surface area contributed by atoms with Gasteiger partial charge in [0.05, 0.1) is 23.2 Å². The van der Waals surface area contributed by atoms with Crippen molar-refractivity contribution in [3.8, 4) is 0 Å². The van der Waals surface area contributed by atoms with E-state index in [-0.39, 0.29) is 35.8 Å². The molecule has 4 amide bonds. The first-order chi connectivity index (χ1) is 14.7. The number of aromatic nitrogens is 1. The number of urea groups is 1. The van der Waals surface area contributed by atoms with E-state index in [0.717, 1.165) is 5.56 Å². The van der Waals surface area contributed by atoms with Crippen LogP contribution < -0.4 is 10.6 Å². The van der Waals surface area contributed by atoms with Crippen molar-refractivity contribution in [3.63, 3.8) is 0 Å². The van der Waals surface area contributed by atoms with Crippen LogP contribution in [0.4, 0.5) is 4.79 Å². The third kappa shape index (κ3) is 4.46. The van der Waals surface area contributed by atoms with Crippen molar-refractivity contribution in [2.75, 3.05) is 26.7 Å². The van der Waals surface area contributed by atoms with Crippen molar-refractivity contribution in [1.82, 2.24) is 25.4 Å². The maximum Gasteiger partial charge on any atom is 0.317 e. The van der Waals surface area contributed by atoms with Crippen molar-refractivity contribution in [2.45, 2.75) is 37.5 Å². The number of likely N-dealkylation sites (N-methyl/N-ethyl adjacent to an activating group) is 1. The summed E-state index contributed by atoms with van der Waals surface area (Å²) in [6, 6.07) is 1.16. The number of nitrogens with zero attached hydrogens (tertiary/aromatic N) is 3. The Morgan fingerprint density at radius 3 is 2.58 bits per heavy atom. The molecule has 1 spiro atoms. The topological polar surface area (TPSA) is 152 Å². The second-order valence-corrected chi connectivity index (χ2v) is 8.31. The van der Waals surface area contributed by atoms with E-state index >= 15 is 0 Å². The molecule has 3 fully saturated rings. The predicted molar refractivity (Wildman–Crippen MR) is 108 cm³/mol. The standard InChI is InChI=1S/C19H25N5O4.CH2O2/c1-11-3-13(7-20-6-11)16(26)22-14-4-12(5-15(14)25)17(27)24-9-19(10-24)8-21-18(28)23(19)2;2-1-3/h3,6-7,12,14-15,25H,4-5,8-10H2,1-2H3,(H,21,28)(H,22,26);1H,(H,2,3)/t12-,14+,15+;/m0./s1. The summed E-state index contributed by atoms with van der Waals surface area (Å²) in [6.45, 7) is 3.15. The summed E-state index contributed by atoms with van der Waals surface area (Å²) in [5.41, 5.74) is 1.01. The average Bonchev–Trinajstić information content (AvgIpc) is 3.21. The Morgan fingerprint density at radius 1 is 1.32 bits per heavy atom. The normalized spacial score (nSPS) is 25.9. The summed E-state index contributed by atoms with van der Waals surface area (Å²) in [6.07, 6.45) is 3.12. The first-order valence-corrected chi connectivity index (χ1v) is 9.99. The molecule has 1 aliphatic carbocycles. The Balaban J connectivity index is 0.000000858. The maximum absolute atomic E-state index is 12.8. The highest BCUT2D eigenvalue weighted by Crippen LogP contribution is 2.35. The van der Waals surface area contributed by atoms with E-state index in [0.29, 0.717) is 38.0 Å². The minimum Gasteiger partial charge on any atom is -0.483 e. The number of aliphatic hydroxyl groups is 1. The van der Waals surface area contributed by atoms with Gasteiger partial charge in [-0.05, 0) is 31.4 Å². The lowest BCUT2D eigenvalue weighted by atomic mass is 9.88. The van der Waals surface area contributed by atoms with E-state index in [4.69, 9.17) is 9.90 Å². The number of nitrogens with one attached hydrogen (secondary N) is 2. The number of rotatable bonds is 3. The van der Waals surface area contributed by atoms with Crippen LogP contribution in [0.5, 0.6) is 0 Å². The van der Waals surface area contributed by atoms with E-state index in [9.17, 15) is 19.5 Å².